The van der Waals surface area contributed by atoms with Crippen molar-refractivity contribution in [3.05, 3.63) is 56.8 Å². The molecule has 106 valence electrons. The van der Waals surface area contributed by atoms with Gasteiger partial charge in [0.05, 0.1) is 4.92 Å². The summed E-state index contributed by atoms with van der Waals surface area (Å²) in [5.74, 6) is 0.649. The summed E-state index contributed by atoms with van der Waals surface area (Å²) in [6.07, 6.45) is 1.02. The van der Waals surface area contributed by atoms with Gasteiger partial charge in [-0.25, -0.2) is 0 Å². The number of hydrogen-bond donors (Lipinski definition) is 1. The number of nitrogens with one attached hydrogen (secondary N) is 1. The predicted octanol–water partition coefficient (Wildman–Crippen LogP) is 2.87. The Balaban J connectivity index is 1.59. The zero-order chi connectivity index (χ0) is 14.2. The molecule has 1 N–H and O–H groups in total. The second-order valence-electron chi connectivity index (χ2n) is 4.18. The Kier molecular flexibility index (Phi) is 5.52. The van der Waals surface area contributed by atoms with Crippen molar-refractivity contribution in [2.75, 3.05) is 19.7 Å². The van der Waals surface area contributed by atoms with Gasteiger partial charge in [-0.1, -0.05) is 6.07 Å². The molecule has 0 unspecified atom stereocenters. The number of hydrogen-bond acceptors (Lipinski definition) is 5. The first-order valence-electron chi connectivity index (χ1n) is 6.36. The number of rotatable bonds is 8. The molecule has 0 bridgehead atoms. The SMILES string of the molecule is O=[N+]([O-])c1ccc(OCCNCCc2cccs2)cc1. The average molecular weight is 292 g/mol. The van der Waals surface area contributed by atoms with E-state index < -0.39 is 4.92 Å². The number of ether oxygens (including phenoxy) is 1. The Morgan fingerprint density at radius 3 is 2.65 bits per heavy atom. The molecule has 0 aliphatic carbocycles. The van der Waals surface area contributed by atoms with E-state index in [9.17, 15) is 10.1 Å². The summed E-state index contributed by atoms with van der Waals surface area (Å²) in [7, 11) is 0. The number of non-ortho nitro benzene ring substituents is 1. The molecule has 0 amide bonds. The number of nitro benzene ring substituents is 1. The van der Waals surface area contributed by atoms with Crippen LogP contribution in [0.5, 0.6) is 5.75 Å². The van der Waals surface area contributed by atoms with Crippen LogP contribution in [0, 0.1) is 10.1 Å². The summed E-state index contributed by atoms with van der Waals surface area (Å²) < 4.78 is 5.50. The van der Waals surface area contributed by atoms with Crippen molar-refractivity contribution < 1.29 is 9.66 Å². The molecule has 0 saturated heterocycles. The molecule has 0 saturated carbocycles. The lowest BCUT2D eigenvalue weighted by atomic mass is 10.3. The Bertz CT molecular complexity index is 526. The maximum Gasteiger partial charge on any atom is 0.269 e. The van der Waals surface area contributed by atoms with Crippen molar-refractivity contribution in [3.63, 3.8) is 0 Å². The highest BCUT2D eigenvalue weighted by Gasteiger charge is 2.03. The van der Waals surface area contributed by atoms with Gasteiger partial charge in [0.15, 0.2) is 0 Å². The lowest BCUT2D eigenvalue weighted by molar-refractivity contribution is -0.384. The molecule has 1 aromatic carbocycles. The van der Waals surface area contributed by atoms with Crippen molar-refractivity contribution in [1.29, 1.82) is 0 Å². The standard InChI is InChI=1S/C14H16N2O3S/c17-16(18)12-3-5-13(6-4-12)19-10-9-15-8-7-14-2-1-11-20-14/h1-6,11,15H,7-10H2. The molecule has 20 heavy (non-hydrogen) atoms. The van der Waals surface area contributed by atoms with Crippen molar-refractivity contribution in [2.45, 2.75) is 6.42 Å². The van der Waals surface area contributed by atoms with Crippen LogP contribution in [0.1, 0.15) is 4.88 Å². The van der Waals surface area contributed by atoms with Gasteiger partial charge in [-0.05, 0) is 30.0 Å². The highest BCUT2D eigenvalue weighted by atomic mass is 32.1. The largest absolute Gasteiger partial charge is 0.492 e. The zero-order valence-corrected chi connectivity index (χ0v) is 11.8. The van der Waals surface area contributed by atoms with Gasteiger partial charge in [0.1, 0.15) is 12.4 Å². The lowest BCUT2D eigenvalue weighted by Gasteiger charge is -2.07. The molecular formula is C14H16N2O3S. The highest BCUT2D eigenvalue weighted by molar-refractivity contribution is 7.09. The van der Waals surface area contributed by atoms with E-state index in [1.165, 1.54) is 17.0 Å². The minimum absolute atomic E-state index is 0.0754. The van der Waals surface area contributed by atoms with E-state index in [4.69, 9.17) is 4.74 Å². The van der Waals surface area contributed by atoms with Crippen molar-refractivity contribution in [2.24, 2.45) is 0 Å². The highest BCUT2D eigenvalue weighted by Crippen LogP contribution is 2.16. The van der Waals surface area contributed by atoms with E-state index >= 15 is 0 Å². The molecule has 0 radical (unpaired) electrons. The third-order valence-electron chi connectivity index (χ3n) is 2.72. The Morgan fingerprint density at radius 1 is 1.20 bits per heavy atom. The molecule has 2 aromatic rings. The number of benzene rings is 1. The summed E-state index contributed by atoms with van der Waals surface area (Å²) >= 11 is 1.76. The van der Waals surface area contributed by atoms with Gasteiger partial charge >= 0.3 is 0 Å². The second-order valence-corrected chi connectivity index (χ2v) is 5.21. The van der Waals surface area contributed by atoms with Gasteiger partial charge in [0.25, 0.3) is 5.69 Å². The third-order valence-corrected chi connectivity index (χ3v) is 3.66. The van der Waals surface area contributed by atoms with E-state index in [2.05, 4.69) is 22.8 Å². The molecule has 0 aliphatic rings. The van der Waals surface area contributed by atoms with E-state index in [1.54, 1.807) is 23.5 Å². The topological polar surface area (TPSA) is 64.4 Å². The first-order chi connectivity index (χ1) is 9.75. The molecule has 0 aliphatic heterocycles. The second kappa shape index (κ2) is 7.62. The van der Waals surface area contributed by atoms with Gasteiger partial charge in [-0.2, -0.15) is 0 Å². The summed E-state index contributed by atoms with van der Waals surface area (Å²) in [4.78, 5) is 11.4. The van der Waals surface area contributed by atoms with Crippen LogP contribution in [0.4, 0.5) is 5.69 Å². The third kappa shape index (κ3) is 4.64. The first-order valence-corrected chi connectivity index (χ1v) is 7.24. The van der Waals surface area contributed by atoms with Gasteiger partial charge in [-0.3, -0.25) is 10.1 Å². The molecule has 0 fully saturated rings. The normalized spacial score (nSPS) is 10.4. The fourth-order valence-electron chi connectivity index (χ4n) is 1.70. The minimum atomic E-state index is -0.421. The monoisotopic (exact) mass is 292 g/mol. The quantitative estimate of drug-likeness (QED) is 0.461. The first kappa shape index (κ1) is 14.5. The lowest BCUT2D eigenvalue weighted by Crippen LogP contribution is -2.23. The van der Waals surface area contributed by atoms with Gasteiger partial charge in [-0.15, -0.1) is 11.3 Å². The van der Waals surface area contributed by atoms with Gasteiger partial charge in [0.2, 0.25) is 0 Å². The van der Waals surface area contributed by atoms with Crippen molar-refractivity contribution in [1.82, 2.24) is 5.32 Å². The van der Waals surface area contributed by atoms with Crippen LogP contribution in [0.25, 0.3) is 0 Å². The summed E-state index contributed by atoms with van der Waals surface area (Å²) in [5, 5.41) is 15.9. The van der Waals surface area contributed by atoms with Crippen LogP contribution in [-0.4, -0.2) is 24.6 Å². The maximum atomic E-state index is 10.5. The van der Waals surface area contributed by atoms with E-state index in [0.29, 0.717) is 12.4 Å². The molecule has 6 heteroatoms. The Hall–Kier alpha value is -1.92. The van der Waals surface area contributed by atoms with Crippen molar-refractivity contribution >= 4 is 17.0 Å². The van der Waals surface area contributed by atoms with Crippen molar-refractivity contribution in [3.8, 4) is 5.75 Å². The summed E-state index contributed by atoms with van der Waals surface area (Å²) in [5.41, 5.74) is 0.0754. The summed E-state index contributed by atoms with van der Waals surface area (Å²) in [6, 6.07) is 10.3. The van der Waals surface area contributed by atoms with Crippen LogP contribution in [0.15, 0.2) is 41.8 Å². The fourth-order valence-corrected chi connectivity index (χ4v) is 2.41. The van der Waals surface area contributed by atoms with E-state index in [0.717, 1.165) is 19.5 Å². The molecular weight excluding hydrogens is 276 g/mol. The smallest absolute Gasteiger partial charge is 0.269 e. The Labute approximate surface area is 121 Å². The van der Waals surface area contributed by atoms with Crippen LogP contribution in [0.3, 0.4) is 0 Å². The van der Waals surface area contributed by atoms with E-state index in [1.807, 2.05) is 0 Å². The van der Waals surface area contributed by atoms with Gasteiger partial charge < -0.3 is 10.1 Å². The maximum absolute atomic E-state index is 10.5. The molecule has 5 nitrogen and oxygen atoms in total. The van der Waals surface area contributed by atoms with Crippen LogP contribution in [0.2, 0.25) is 0 Å². The predicted molar refractivity (Wildman–Crippen MR) is 79.5 cm³/mol. The minimum Gasteiger partial charge on any atom is -0.492 e. The zero-order valence-electron chi connectivity index (χ0n) is 11.0. The van der Waals surface area contributed by atoms with Crippen LogP contribution in [-0.2, 0) is 6.42 Å². The fraction of sp³-hybridized carbons (Fsp3) is 0.286. The van der Waals surface area contributed by atoms with E-state index in [-0.39, 0.29) is 5.69 Å². The molecule has 1 aromatic heterocycles. The molecule has 0 atom stereocenters. The number of thiophene rings is 1. The molecule has 0 spiro atoms. The van der Waals surface area contributed by atoms with Crippen LogP contribution < -0.4 is 10.1 Å². The Morgan fingerprint density at radius 2 is 2.00 bits per heavy atom. The van der Waals surface area contributed by atoms with Crippen LogP contribution >= 0.6 is 11.3 Å². The number of nitrogens with zero attached hydrogens (tertiary/aromatic N) is 1. The van der Waals surface area contributed by atoms with Gasteiger partial charge in [0, 0.05) is 30.1 Å². The average Bonchev–Trinajstić information content (AvgIpc) is 2.96. The molecule has 1 heterocycles. The summed E-state index contributed by atoms with van der Waals surface area (Å²) in [6.45, 7) is 2.22. The number of nitro groups is 1. The molecule has 2 rings (SSSR count).